The minimum absolute atomic E-state index is 0.252. The lowest BCUT2D eigenvalue weighted by Gasteiger charge is -2.46. The Morgan fingerprint density at radius 3 is 1.64 bits per heavy atom. The highest BCUT2D eigenvalue weighted by atomic mass is 16.3. The van der Waals surface area contributed by atoms with Crippen molar-refractivity contribution in [3.8, 4) is 67.9 Å². The van der Waals surface area contributed by atoms with Gasteiger partial charge in [0.15, 0.2) is 28.9 Å². The fraction of sp³-hybridized carbons (Fsp3) is 0.0635. The summed E-state index contributed by atoms with van der Waals surface area (Å²) in [6.07, 6.45) is 0. The zero-order chi connectivity index (χ0) is 45.8. The van der Waals surface area contributed by atoms with Gasteiger partial charge in [0.2, 0.25) is 0 Å². The van der Waals surface area contributed by atoms with Crippen LogP contribution in [-0.2, 0) is 10.8 Å². The van der Waals surface area contributed by atoms with Crippen molar-refractivity contribution in [3.63, 3.8) is 0 Å². The van der Waals surface area contributed by atoms with E-state index >= 15 is 0 Å². The van der Waals surface area contributed by atoms with E-state index in [1.165, 1.54) is 33.4 Å². The highest BCUT2D eigenvalue weighted by Gasteiger charge is 2.54. The summed E-state index contributed by atoms with van der Waals surface area (Å²) in [7, 11) is 0. The van der Waals surface area contributed by atoms with Crippen LogP contribution in [0.2, 0.25) is 0 Å². The highest BCUT2D eigenvalue weighted by molar-refractivity contribution is 6.08. The van der Waals surface area contributed by atoms with Crippen LogP contribution in [-0.4, -0.2) is 24.9 Å². The van der Waals surface area contributed by atoms with E-state index in [1.54, 1.807) is 0 Å². The van der Waals surface area contributed by atoms with Gasteiger partial charge in [0.05, 0.1) is 5.41 Å². The maximum Gasteiger partial charge on any atom is 0.180 e. The predicted molar refractivity (Wildman–Crippen MR) is 277 cm³/mol. The summed E-state index contributed by atoms with van der Waals surface area (Å²) in [5, 5.41) is 3.24. The Bertz CT molecular complexity index is 3960. The van der Waals surface area contributed by atoms with Crippen LogP contribution in [0.5, 0.6) is 0 Å². The van der Waals surface area contributed by atoms with Gasteiger partial charge in [0, 0.05) is 38.6 Å². The van der Waals surface area contributed by atoms with Crippen LogP contribution in [0.1, 0.15) is 47.2 Å². The van der Waals surface area contributed by atoms with E-state index in [4.69, 9.17) is 29.3 Å². The molecule has 12 aromatic rings. The second-order valence-electron chi connectivity index (χ2n) is 18.7. The van der Waals surface area contributed by atoms with E-state index in [0.29, 0.717) is 28.9 Å². The van der Waals surface area contributed by atoms with Gasteiger partial charge in [-0.25, -0.2) is 24.9 Å². The molecule has 324 valence electrons. The molecule has 0 atom stereocenters. The number of para-hydroxylation sites is 1. The summed E-state index contributed by atoms with van der Waals surface area (Å²) < 4.78 is 6.62. The molecule has 0 amide bonds. The molecule has 0 saturated heterocycles. The molecule has 3 heterocycles. The van der Waals surface area contributed by atoms with E-state index in [-0.39, 0.29) is 5.41 Å². The van der Waals surface area contributed by atoms with Crippen LogP contribution < -0.4 is 0 Å². The SMILES string of the molecule is CC1(C)c2ccccc2C2(c3ccc(-c4nc(-c5ccc6ccccc6c5)c5oc6ccccc6c5n4)cc3-c3c(-c4nc(-c5ccccc5)nc(-c5ccccc5)n4)cccc32)c2ccccc21. The largest absolute Gasteiger partial charge is 0.452 e. The fourth-order valence-corrected chi connectivity index (χ4v) is 11.5. The van der Waals surface area contributed by atoms with Gasteiger partial charge < -0.3 is 4.42 Å². The number of rotatable bonds is 5. The molecule has 0 bridgehead atoms. The van der Waals surface area contributed by atoms with Crippen LogP contribution in [0, 0.1) is 0 Å². The molecule has 6 heteroatoms. The van der Waals surface area contributed by atoms with Gasteiger partial charge in [-0.3, -0.25) is 0 Å². The maximum atomic E-state index is 6.62. The Labute approximate surface area is 398 Å². The third-order valence-electron chi connectivity index (χ3n) is 14.6. The lowest BCUT2D eigenvalue weighted by atomic mass is 9.55. The summed E-state index contributed by atoms with van der Waals surface area (Å²) in [5.74, 6) is 2.45. The topological polar surface area (TPSA) is 77.6 Å². The van der Waals surface area contributed by atoms with Crippen molar-refractivity contribution in [1.82, 2.24) is 24.9 Å². The summed E-state index contributed by atoms with van der Waals surface area (Å²) in [5.41, 5.74) is 16.3. The summed E-state index contributed by atoms with van der Waals surface area (Å²) in [6, 6.07) is 75.0. The van der Waals surface area contributed by atoms with Crippen LogP contribution >= 0.6 is 0 Å². The Hall–Kier alpha value is -8.87. The first kappa shape index (κ1) is 39.3. The van der Waals surface area contributed by atoms with Gasteiger partial charge in [0.25, 0.3) is 0 Å². The van der Waals surface area contributed by atoms with Gasteiger partial charge in [-0.1, -0.05) is 202 Å². The van der Waals surface area contributed by atoms with Crippen LogP contribution in [0.3, 0.4) is 0 Å². The minimum atomic E-state index is -0.665. The molecule has 69 heavy (non-hydrogen) atoms. The molecule has 3 aromatic heterocycles. The first-order chi connectivity index (χ1) is 33.9. The minimum Gasteiger partial charge on any atom is -0.452 e. The summed E-state index contributed by atoms with van der Waals surface area (Å²) in [6.45, 7) is 4.71. The molecular formula is C63H41N5O. The first-order valence-corrected chi connectivity index (χ1v) is 23.5. The standard InChI is InChI=1S/C63H41N5O/c1-62(2)48-26-12-14-28-50(48)63(51-29-15-13-27-49(51)62)47-35-34-43(60-64-55(42-33-32-38-18-9-10-23-41(38)36-42)57-56(65-60)44-24-11-16-31-53(44)69-57)37-46(47)54-45(25-17-30-52(54)63)61-67-58(39-19-5-3-6-20-39)66-59(68-61)40-21-7-4-8-22-40/h3-37H,1-2H3. The van der Waals surface area contributed by atoms with Gasteiger partial charge in [-0.15, -0.1) is 0 Å². The Morgan fingerprint density at radius 2 is 0.928 bits per heavy atom. The monoisotopic (exact) mass is 883 g/mol. The zero-order valence-electron chi connectivity index (χ0n) is 37.9. The van der Waals surface area contributed by atoms with E-state index in [2.05, 4.69) is 172 Å². The fourth-order valence-electron chi connectivity index (χ4n) is 11.5. The third-order valence-corrected chi connectivity index (χ3v) is 14.6. The Balaban J connectivity index is 1.07. The molecule has 0 radical (unpaired) electrons. The number of benzene rings is 9. The second kappa shape index (κ2) is 14.8. The second-order valence-corrected chi connectivity index (χ2v) is 18.7. The maximum absolute atomic E-state index is 6.62. The van der Waals surface area contributed by atoms with Crippen molar-refractivity contribution in [2.45, 2.75) is 24.7 Å². The molecule has 2 aliphatic carbocycles. The molecule has 0 aliphatic heterocycles. The van der Waals surface area contributed by atoms with Crippen LogP contribution in [0.25, 0.3) is 101 Å². The van der Waals surface area contributed by atoms with Crippen LogP contribution in [0.4, 0.5) is 0 Å². The van der Waals surface area contributed by atoms with Crippen molar-refractivity contribution >= 4 is 32.8 Å². The van der Waals surface area contributed by atoms with Crippen molar-refractivity contribution in [2.75, 3.05) is 0 Å². The van der Waals surface area contributed by atoms with E-state index in [9.17, 15) is 0 Å². The highest BCUT2D eigenvalue weighted by Crippen LogP contribution is 2.63. The number of furan rings is 1. The molecule has 0 N–H and O–H groups in total. The molecule has 0 fully saturated rings. The normalized spacial score (nSPS) is 13.9. The van der Waals surface area contributed by atoms with Crippen molar-refractivity contribution in [2.24, 2.45) is 0 Å². The van der Waals surface area contributed by atoms with Crippen molar-refractivity contribution in [3.05, 3.63) is 246 Å². The number of aromatic nitrogens is 5. The molecule has 2 aliphatic rings. The molecule has 0 unspecified atom stereocenters. The molecule has 9 aromatic carbocycles. The van der Waals surface area contributed by atoms with Gasteiger partial charge in [0.1, 0.15) is 16.8 Å². The molecule has 1 spiro atoms. The number of hydrogen-bond donors (Lipinski definition) is 0. The van der Waals surface area contributed by atoms with Crippen LogP contribution in [0.15, 0.2) is 217 Å². The number of nitrogens with zero attached hydrogens (tertiary/aromatic N) is 5. The molecule has 14 rings (SSSR count). The van der Waals surface area contributed by atoms with E-state index in [1.807, 2.05) is 54.6 Å². The van der Waals surface area contributed by atoms with Crippen molar-refractivity contribution < 1.29 is 4.42 Å². The number of fused-ring (bicyclic) bond motifs is 13. The number of hydrogen-bond acceptors (Lipinski definition) is 6. The lowest BCUT2D eigenvalue weighted by molar-refractivity contribution is 0.563. The van der Waals surface area contributed by atoms with E-state index in [0.717, 1.165) is 71.9 Å². The summed E-state index contributed by atoms with van der Waals surface area (Å²) in [4.78, 5) is 26.6. The Morgan fingerprint density at radius 1 is 0.362 bits per heavy atom. The molecule has 0 saturated carbocycles. The van der Waals surface area contributed by atoms with E-state index < -0.39 is 5.41 Å². The average molecular weight is 884 g/mol. The predicted octanol–water partition coefficient (Wildman–Crippen LogP) is 15.1. The zero-order valence-corrected chi connectivity index (χ0v) is 37.9. The third kappa shape index (κ3) is 5.75. The quantitative estimate of drug-likeness (QED) is 0.171. The van der Waals surface area contributed by atoms with Gasteiger partial charge in [-0.2, -0.15) is 0 Å². The summed E-state index contributed by atoms with van der Waals surface area (Å²) >= 11 is 0. The average Bonchev–Trinajstić information content (AvgIpc) is 3.94. The first-order valence-electron chi connectivity index (χ1n) is 23.5. The molecular weight excluding hydrogens is 843 g/mol. The van der Waals surface area contributed by atoms with Gasteiger partial charge in [-0.05, 0) is 79.5 Å². The van der Waals surface area contributed by atoms with Gasteiger partial charge >= 0.3 is 0 Å². The lowest BCUT2D eigenvalue weighted by Crippen LogP contribution is -2.40. The van der Waals surface area contributed by atoms with Crippen molar-refractivity contribution in [1.29, 1.82) is 0 Å². The molecule has 6 nitrogen and oxygen atoms in total. The Kier molecular flexibility index (Phi) is 8.44. The smallest absolute Gasteiger partial charge is 0.180 e.